The number of carbonyl (C=O) groups excluding carboxylic acids is 2. The lowest BCUT2D eigenvalue weighted by atomic mass is 9.87. The molecular formula is C20H24N2O4. The van der Waals surface area contributed by atoms with Gasteiger partial charge in [0.25, 0.3) is 5.91 Å². The number of esters is 1. The Hall–Kier alpha value is -2.89. The number of nitrogens with one attached hydrogen (secondary N) is 1. The highest BCUT2D eigenvalue weighted by atomic mass is 16.5. The van der Waals surface area contributed by atoms with Gasteiger partial charge in [-0.15, -0.1) is 0 Å². The number of hydrogen-bond donors (Lipinski definition) is 1. The Morgan fingerprint density at radius 3 is 2.23 bits per heavy atom. The van der Waals surface area contributed by atoms with Gasteiger partial charge in [0.2, 0.25) is 5.88 Å². The summed E-state index contributed by atoms with van der Waals surface area (Å²) in [4.78, 5) is 28.3. The SMILES string of the molecule is COc1ccc(C(=O)O[C@H](C)C(=O)Nc2ccc(C(C)(C)C)cc2)cn1. The summed E-state index contributed by atoms with van der Waals surface area (Å²) in [6, 6.07) is 10.7. The van der Waals surface area contributed by atoms with Crippen LogP contribution in [0.25, 0.3) is 0 Å². The third-order valence-electron chi connectivity index (χ3n) is 3.85. The molecule has 0 aliphatic rings. The molecule has 2 rings (SSSR count). The van der Waals surface area contributed by atoms with E-state index in [1.165, 1.54) is 31.9 Å². The van der Waals surface area contributed by atoms with Crippen molar-refractivity contribution in [1.29, 1.82) is 0 Å². The minimum absolute atomic E-state index is 0.0394. The van der Waals surface area contributed by atoms with Crippen LogP contribution in [-0.2, 0) is 14.9 Å². The van der Waals surface area contributed by atoms with E-state index in [4.69, 9.17) is 9.47 Å². The van der Waals surface area contributed by atoms with Crippen LogP contribution >= 0.6 is 0 Å². The molecule has 1 atom stereocenters. The highest BCUT2D eigenvalue weighted by Crippen LogP contribution is 2.23. The summed E-state index contributed by atoms with van der Waals surface area (Å²) in [7, 11) is 1.49. The van der Waals surface area contributed by atoms with Gasteiger partial charge in [0.05, 0.1) is 12.7 Å². The van der Waals surface area contributed by atoms with Crippen LogP contribution in [0, 0.1) is 0 Å². The van der Waals surface area contributed by atoms with Crippen LogP contribution in [-0.4, -0.2) is 30.1 Å². The Morgan fingerprint density at radius 2 is 1.73 bits per heavy atom. The molecule has 0 radical (unpaired) electrons. The van der Waals surface area contributed by atoms with Gasteiger partial charge in [-0.2, -0.15) is 0 Å². The summed E-state index contributed by atoms with van der Waals surface area (Å²) >= 11 is 0. The Bertz CT molecular complexity index is 762. The molecule has 1 amide bonds. The molecule has 1 aromatic heterocycles. The number of nitrogens with zero attached hydrogens (tertiary/aromatic N) is 1. The molecule has 1 N–H and O–H groups in total. The van der Waals surface area contributed by atoms with Crippen molar-refractivity contribution in [3.8, 4) is 5.88 Å². The number of amides is 1. The number of benzene rings is 1. The third-order valence-corrected chi connectivity index (χ3v) is 3.85. The van der Waals surface area contributed by atoms with E-state index in [1.807, 2.05) is 24.3 Å². The van der Waals surface area contributed by atoms with Crippen LogP contribution in [0.5, 0.6) is 5.88 Å². The van der Waals surface area contributed by atoms with Gasteiger partial charge < -0.3 is 14.8 Å². The first-order valence-corrected chi connectivity index (χ1v) is 8.33. The molecule has 26 heavy (non-hydrogen) atoms. The molecule has 0 saturated heterocycles. The molecule has 0 unspecified atom stereocenters. The van der Waals surface area contributed by atoms with Crippen molar-refractivity contribution in [3.63, 3.8) is 0 Å². The number of ether oxygens (including phenoxy) is 2. The van der Waals surface area contributed by atoms with E-state index in [-0.39, 0.29) is 11.0 Å². The van der Waals surface area contributed by atoms with E-state index in [1.54, 1.807) is 6.07 Å². The van der Waals surface area contributed by atoms with Crippen molar-refractivity contribution in [2.24, 2.45) is 0 Å². The molecule has 6 heteroatoms. The first-order valence-electron chi connectivity index (χ1n) is 8.33. The molecule has 2 aromatic rings. The minimum atomic E-state index is -0.938. The lowest BCUT2D eigenvalue weighted by molar-refractivity contribution is -0.123. The molecule has 138 valence electrons. The maximum atomic E-state index is 12.2. The van der Waals surface area contributed by atoms with Gasteiger partial charge in [-0.05, 0) is 36.1 Å². The van der Waals surface area contributed by atoms with Crippen LogP contribution in [0.15, 0.2) is 42.6 Å². The van der Waals surface area contributed by atoms with E-state index >= 15 is 0 Å². The van der Waals surface area contributed by atoms with Crippen LogP contribution in [0.3, 0.4) is 0 Å². The van der Waals surface area contributed by atoms with Gasteiger partial charge in [0.1, 0.15) is 0 Å². The summed E-state index contributed by atoms with van der Waals surface area (Å²) < 4.78 is 10.1. The number of aromatic nitrogens is 1. The quantitative estimate of drug-likeness (QED) is 0.829. The van der Waals surface area contributed by atoms with Crippen LogP contribution in [0.1, 0.15) is 43.6 Å². The highest BCUT2D eigenvalue weighted by Gasteiger charge is 2.20. The van der Waals surface area contributed by atoms with Crippen molar-refractivity contribution >= 4 is 17.6 Å². The Balaban J connectivity index is 1.95. The van der Waals surface area contributed by atoms with Crippen molar-refractivity contribution in [2.45, 2.75) is 39.2 Å². The van der Waals surface area contributed by atoms with Crippen LogP contribution in [0.2, 0.25) is 0 Å². The van der Waals surface area contributed by atoms with Crippen molar-refractivity contribution in [3.05, 3.63) is 53.7 Å². The van der Waals surface area contributed by atoms with Gasteiger partial charge >= 0.3 is 5.97 Å². The van der Waals surface area contributed by atoms with Crippen LogP contribution in [0.4, 0.5) is 5.69 Å². The first-order chi connectivity index (χ1) is 12.2. The Kier molecular flexibility index (Phi) is 5.97. The first kappa shape index (κ1) is 19.4. The molecule has 0 fully saturated rings. The smallest absolute Gasteiger partial charge is 0.340 e. The summed E-state index contributed by atoms with van der Waals surface area (Å²) in [5.74, 6) is -0.625. The Labute approximate surface area is 153 Å². The second kappa shape index (κ2) is 7.99. The van der Waals surface area contributed by atoms with Gasteiger partial charge in [-0.3, -0.25) is 4.79 Å². The second-order valence-electron chi connectivity index (χ2n) is 6.95. The molecule has 0 bridgehead atoms. The fourth-order valence-electron chi connectivity index (χ4n) is 2.20. The predicted molar refractivity (Wildman–Crippen MR) is 99.4 cm³/mol. The average molecular weight is 356 g/mol. The molecule has 1 heterocycles. The van der Waals surface area contributed by atoms with Crippen molar-refractivity contribution in [1.82, 2.24) is 4.98 Å². The fraction of sp³-hybridized carbons (Fsp3) is 0.350. The zero-order valence-corrected chi connectivity index (χ0v) is 15.7. The normalized spacial score (nSPS) is 12.2. The number of pyridine rings is 1. The zero-order valence-electron chi connectivity index (χ0n) is 15.7. The molecule has 1 aromatic carbocycles. The summed E-state index contributed by atoms with van der Waals surface area (Å²) in [5.41, 5.74) is 2.11. The van der Waals surface area contributed by atoms with Gasteiger partial charge in [-0.1, -0.05) is 32.9 Å². The number of hydrogen-bond acceptors (Lipinski definition) is 5. The van der Waals surface area contributed by atoms with E-state index in [9.17, 15) is 9.59 Å². The fourth-order valence-corrected chi connectivity index (χ4v) is 2.20. The molecule has 6 nitrogen and oxygen atoms in total. The summed E-state index contributed by atoms with van der Waals surface area (Å²) in [6.07, 6.45) is 0.406. The van der Waals surface area contributed by atoms with E-state index in [0.29, 0.717) is 11.6 Å². The number of anilines is 1. The standard InChI is InChI=1S/C20H24N2O4/c1-13(26-19(24)14-6-11-17(25-5)21-12-14)18(23)22-16-9-7-15(8-10-16)20(2,3)4/h6-13H,1-5H3,(H,22,23)/t13-/m1/s1. The molecule has 0 spiro atoms. The lowest BCUT2D eigenvalue weighted by Crippen LogP contribution is -2.30. The predicted octanol–water partition coefficient (Wildman–Crippen LogP) is 3.57. The Morgan fingerprint density at radius 1 is 1.08 bits per heavy atom. The van der Waals surface area contributed by atoms with E-state index in [0.717, 1.165) is 0 Å². The van der Waals surface area contributed by atoms with Gasteiger partial charge in [-0.25, -0.2) is 9.78 Å². The van der Waals surface area contributed by atoms with E-state index in [2.05, 4.69) is 31.1 Å². The molecular weight excluding hydrogens is 332 g/mol. The maximum Gasteiger partial charge on any atom is 0.340 e. The van der Waals surface area contributed by atoms with Crippen LogP contribution < -0.4 is 10.1 Å². The monoisotopic (exact) mass is 356 g/mol. The lowest BCUT2D eigenvalue weighted by Gasteiger charge is -2.19. The van der Waals surface area contributed by atoms with Crippen molar-refractivity contribution in [2.75, 3.05) is 12.4 Å². The molecule has 0 saturated carbocycles. The second-order valence-corrected chi connectivity index (χ2v) is 6.95. The molecule has 0 aliphatic heterocycles. The summed E-state index contributed by atoms with van der Waals surface area (Å²) in [5, 5.41) is 2.74. The van der Waals surface area contributed by atoms with Gasteiger partial charge in [0.15, 0.2) is 6.10 Å². The maximum absolute atomic E-state index is 12.2. The largest absolute Gasteiger partial charge is 0.481 e. The number of carbonyl (C=O) groups is 2. The topological polar surface area (TPSA) is 77.5 Å². The number of rotatable bonds is 5. The summed E-state index contributed by atoms with van der Waals surface area (Å²) in [6.45, 7) is 7.89. The van der Waals surface area contributed by atoms with E-state index < -0.39 is 18.0 Å². The van der Waals surface area contributed by atoms with Gasteiger partial charge in [0, 0.05) is 18.0 Å². The zero-order chi connectivity index (χ0) is 19.3. The van der Waals surface area contributed by atoms with Crippen molar-refractivity contribution < 1.29 is 19.1 Å². The molecule has 0 aliphatic carbocycles. The minimum Gasteiger partial charge on any atom is -0.481 e. The average Bonchev–Trinajstić information content (AvgIpc) is 2.61. The highest BCUT2D eigenvalue weighted by molar-refractivity contribution is 5.97. The third kappa shape index (κ3) is 5.05. The number of methoxy groups -OCH3 is 1.